The van der Waals surface area contributed by atoms with E-state index in [-0.39, 0.29) is 6.04 Å². The van der Waals surface area contributed by atoms with Gasteiger partial charge in [-0.05, 0) is 53.0 Å². The van der Waals surface area contributed by atoms with Gasteiger partial charge in [0.2, 0.25) is 0 Å². The quantitative estimate of drug-likeness (QED) is 0.716. The molecule has 0 radical (unpaired) electrons. The molecule has 108 valence electrons. The third kappa shape index (κ3) is 4.25. The fraction of sp³-hybridized carbons (Fsp3) is 0.375. The highest BCUT2D eigenvalue weighted by Gasteiger charge is 2.11. The van der Waals surface area contributed by atoms with Gasteiger partial charge in [0, 0.05) is 4.88 Å². The summed E-state index contributed by atoms with van der Waals surface area (Å²) in [5, 5.41) is 3.53. The first-order valence-electron chi connectivity index (χ1n) is 6.80. The summed E-state index contributed by atoms with van der Waals surface area (Å²) in [7, 11) is 0. The second kappa shape index (κ2) is 7.14. The number of nitrogens with one attached hydrogen (secondary N) is 1. The fourth-order valence-electron chi connectivity index (χ4n) is 1.83. The molecule has 2 aromatic rings. The monoisotopic (exact) mass is 353 g/mol. The molecule has 2 nitrogen and oxygen atoms in total. The highest BCUT2D eigenvalue weighted by molar-refractivity contribution is 9.11. The Balaban J connectivity index is 2.08. The molecule has 0 amide bonds. The minimum Gasteiger partial charge on any atom is -0.491 e. The third-order valence-electron chi connectivity index (χ3n) is 2.85. The van der Waals surface area contributed by atoms with Crippen molar-refractivity contribution in [1.29, 1.82) is 0 Å². The smallest absolute Gasteiger partial charge is 0.142 e. The van der Waals surface area contributed by atoms with E-state index < -0.39 is 0 Å². The van der Waals surface area contributed by atoms with Gasteiger partial charge >= 0.3 is 0 Å². The predicted octanol–water partition coefficient (Wildman–Crippen LogP) is 5.72. The van der Waals surface area contributed by atoms with Gasteiger partial charge in [-0.25, -0.2) is 0 Å². The van der Waals surface area contributed by atoms with Crippen LogP contribution < -0.4 is 10.1 Å². The first kappa shape index (κ1) is 15.4. The van der Waals surface area contributed by atoms with E-state index >= 15 is 0 Å². The molecule has 0 saturated carbocycles. The zero-order valence-electron chi connectivity index (χ0n) is 12.0. The van der Waals surface area contributed by atoms with Gasteiger partial charge in [-0.15, -0.1) is 11.3 Å². The first-order valence-corrected chi connectivity index (χ1v) is 8.41. The Kier molecular flexibility index (Phi) is 5.49. The number of para-hydroxylation sites is 2. The van der Waals surface area contributed by atoms with E-state index in [2.05, 4.69) is 60.2 Å². The van der Waals surface area contributed by atoms with Crippen LogP contribution in [-0.2, 0) is 0 Å². The topological polar surface area (TPSA) is 21.3 Å². The molecule has 0 aliphatic rings. The van der Waals surface area contributed by atoms with Crippen LogP contribution in [0.5, 0.6) is 5.75 Å². The number of thiophene rings is 1. The summed E-state index contributed by atoms with van der Waals surface area (Å²) < 4.78 is 7.03. The highest BCUT2D eigenvalue weighted by Crippen LogP contribution is 2.32. The third-order valence-corrected chi connectivity index (χ3v) is 4.66. The van der Waals surface area contributed by atoms with Gasteiger partial charge in [-0.1, -0.05) is 26.0 Å². The summed E-state index contributed by atoms with van der Waals surface area (Å²) in [6.07, 6.45) is 0. The Morgan fingerprint density at radius 1 is 1.15 bits per heavy atom. The van der Waals surface area contributed by atoms with Gasteiger partial charge in [-0.2, -0.15) is 0 Å². The predicted molar refractivity (Wildman–Crippen MR) is 90.8 cm³/mol. The van der Waals surface area contributed by atoms with E-state index in [4.69, 9.17) is 4.74 Å². The molecule has 1 aromatic carbocycles. The molecule has 0 bridgehead atoms. The van der Waals surface area contributed by atoms with E-state index in [1.165, 1.54) is 4.88 Å². The Labute approximate surface area is 133 Å². The van der Waals surface area contributed by atoms with Crippen LogP contribution in [0, 0.1) is 5.92 Å². The van der Waals surface area contributed by atoms with E-state index in [0.29, 0.717) is 5.92 Å². The molecule has 2 rings (SSSR count). The summed E-state index contributed by atoms with van der Waals surface area (Å²) in [6.45, 7) is 7.21. The van der Waals surface area contributed by atoms with Crippen LogP contribution in [0.2, 0.25) is 0 Å². The molecular weight excluding hydrogens is 334 g/mol. The van der Waals surface area contributed by atoms with Crippen LogP contribution in [0.4, 0.5) is 5.69 Å². The molecule has 0 saturated heterocycles. The molecule has 0 spiro atoms. The van der Waals surface area contributed by atoms with Crippen molar-refractivity contribution in [2.24, 2.45) is 5.92 Å². The lowest BCUT2D eigenvalue weighted by atomic mass is 10.2. The fourth-order valence-corrected chi connectivity index (χ4v) is 3.26. The average Bonchev–Trinajstić information content (AvgIpc) is 2.84. The van der Waals surface area contributed by atoms with Gasteiger partial charge in [0.1, 0.15) is 5.75 Å². The minimum absolute atomic E-state index is 0.259. The Morgan fingerprint density at radius 3 is 2.55 bits per heavy atom. The zero-order chi connectivity index (χ0) is 14.5. The van der Waals surface area contributed by atoms with Crippen molar-refractivity contribution in [2.75, 3.05) is 11.9 Å². The highest BCUT2D eigenvalue weighted by atomic mass is 79.9. The van der Waals surface area contributed by atoms with E-state index in [1.54, 1.807) is 11.3 Å². The first-order chi connectivity index (χ1) is 9.56. The number of halogens is 1. The number of hydrogen-bond donors (Lipinski definition) is 1. The lowest BCUT2D eigenvalue weighted by Crippen LogP contribution is -2.09. The molecule has 0 aliphatic carbocycles. The standard InChI is InChI=1S/C16H20BrNOS/c1-11(2)10-19-14-7-5-4-6-13(14)18-12(3)15-8-9-16(17)20-15/h4-9,11-12,18H,10H2,1-3H3. The SMILES string of the molecule is CC(C)COc1ccccc1NC(C)c1ccc(Br)s1. The van der Waals surface area contributed by atoms with E-state index in [9.17, 15) is 0 Å². The number of benzene rings is 1. The molecule has 1 atom stereocenters. The lowest BCUT2D eigenvalue weighted by Gasteiger charge is -2.18. The van der Waals surface area contributed by atoms with Crippen molar-refractivity contribution in [3.05, 3.63) is 45.1 Å². The van der Waals surface area contributed by atoms with Crippen molar-refractivity contribution in [1.82, 2.24) is 0 Å². The molecule has 1 N–H and O–H groups in total. The normalized spacial score (nSPS) is 12.4. The Morgan fingerprint density at radius 2 is 1.90 bits per heavy atom. The van der Waals surface area contributed by atoms with Crippen molar-refractivity contribution < 1.29 is 4.74 Å². The van der Waals surface area contributed by atoms with E-state index in [0.717, 1.165) is 21.8 Å². The van der Waals surface area contributed by atoms with Gasteiger partial charge < -0.3 is 10.1 Å². The maximum Gasteiger partial charge on any atom is 0.142 e. The summed E-state index contributed by atoms with van der Waals surface area (Å²) in [6, 6.07) is 12.6. The number of hydrogen-bond acceptors (Lipinski definition) is 3. The molecule has 1 aromatic heterocycles. The molecular formula is C16H20BrNOS. The lowest BCUT2D eigenvalue weighted by molar-refractivity contribution is 0.272. The summed E-state index contributed by atoms with van der Waals surface area (Å²) in [5.74, 6) is 1.44. The molecule has 0 aliphatic heterocycles. The molecule has 0 fully saturated rings. The summed E-state index contributed by atoms with van der Waals surface area (Å²) in [4.78, 5) is 1.30. The maximum absolute atomic E-state index is 5.87. The number of anilines is 1. The number of rotatable bonds is 6. The van der Waals surface area contributed by atoms with Crippen LogP contribution in [0.15, 0.2) is 40.2 Å². The largest absolute Gasteiger partial charge is 0.491 e. The van der Waals surface area contributed by atoms with Gasteiger partial charge in [0.15, 0.2) is 0 Å². The Hall–Kier alpha value is -1.000. The van der Waals surface area contributed by atoms with Crippen molar-refractivity contribution in [3.63, 3.8) is 0 Å². The minimum atomic E-state index is 0.259. The average molecular weight is 354 g/mol. The maximum atomic E-state index is 5.87. The second-order valence-electron chi connectivity index (χ2n) is 5.21. The van der Waals surface area contributed by atoms with Crippen molar-refractivity contribution in [3.8, 4) is 5.75 Å². The Bertz CT molecular complexity index is 553. The van der Waals surface area contributed by atoms with Crippen LogP contribution in [0.25, 0.3) is 0 Å². The molecule has 20 heavy (non-hydrogen) atoms. The van der Waals surface area contributed by atoms with Crippen LogP contribution in [0.3, 0.4) is 0 Å². The molecule has 4 heteroatoms. The number of ether oxygens (including phenoxy) is 1. The van der Waals surface area contributed by atoms with Crippen molar-refractivity contribution in [2.45, 2.75) is 26.8 Å². The molecule has 1 heterocycles. The second-order valence-corrected chi connectivity index (χ2v) is 7.70. The van der Waals surface area contributed by atoms with Gasteiger partial charge in [0.05, 0.1) is 22.1 Å². The van der Waals surface area contributed by atoms with E-state index in [1.807, 2.05) is 18.2 Å². The zero-order valence-corrected chi connectivity index (χ0v) is 14.4. The molecule has 1 unspecified atom stereocenters. The summed E-state index contributed by atoms with van der Waals surface area (Å²) in [5.41, 5.74) is 1.05. The van der Waals surface area contributed by atoms with Crippen LogP contribution in [0.1, 0.15) is 31.7 Å². The van der Waals surface area contributed by atoms with Gasteiger partial charge in [-0.3, -0.25) is 0 Å². The van der Waals surface area contributed by atoms with Crippen molar-refractivity contribution >= 4 is 33.0 Å². The van der Waals surface area contributed by atoms with Crippen LogP contribution in [-0.4, -0.2) is 6.61 Å². The summed E-state index contributed by atoms with van der Waals surface area (Å²) >= 11 is 5.26. The van der Waals surface area contributed by atoms with Crippen LogP contribution >= 0.6 is 27.3 Å². The van der Waals surface area contributed by atoms with Gasteiger partial charge in [0.25, 0.3) is 0 Å².